The fourth-order valence-electron chi connectivity index (χ4n) is 3.67. The lowest BCUT2D eigenvalue weighted by Gasteiger charge is -2.36. The van der Waals surface area contributed by atoms with Gasteiger partial charge in [-0.2, -0.15) is 0 Å². The average molecular weight is 357 g/mol. The molecule has 0 N–H and O–H groups in total. The molecule has 2 heterocycles. The molecule has 0 aliphatic carbocycles. The van der Waals surface area contributed by atoms with Crippen molar-refractivity contribution in [1.29, 1.82) is 0 Å². The summed E-state index contributed by atoms with van der Waals surface area (Å²) < 4.78 is 0. The van der Waals surface area contributed by atoms with E-state index < -0.39 is 0 Å². The molecule has 2 aliphatic heterocycles. The zero-order valence-corrected chi connectivity index (χ0v) is 15.8. The summed E-state index contributed by atoms with van der Waals surface area (Å²) in [5.41, 5.74) is 0.418. The first-order valence-electron chi connectivity index (χ1n) is 9.21. The van der Waals surface area contributed by atoms with Crippen LogP contribution in [0.15, 0.2) is 30.3 Å². The standard InChI is InChI=1S/C20H27N3O3/c1-20(2,3)23-14-16(13-17(23)24)19(26)22-11-9-21(10-12-22)18(25)15-7-5-4-6-8-15/h4-8,16H,9-14H2,1-3H3. The molecule has 1 aromatic rings. The molecule has 26 heavy (non-hydrogen) atoms. The Morgan fingerprint density at radius 3 is 2.08 bits per heavy atom. The van der Waals surface area contributed by atoms with Gasteiger partial charge in [0.15, 0.2) is 0 Å². The maximum atomic E-state index is 12.8. The monoisotopic (exact) mass is 357 g/mol. The van der Waals surface area contributed by atoms with Crippen molar-refractivity contribution >= 4 is 17.7 Å². The molecule has 0 radical (unpaired) electrons. The molecule has 0 spiro atoms. The zero-order valence-electron chi connectivity index (χ0n) is 15.8. The number of rotatable bonds is 2. The van der Waals surface area contributed by atoms with Crippen LogP contribution >= 0.6 is 0 Å². The third-order valence-corrected chi connectivity index (χ3v) is 5.18. The molecule has 0 bridgehead atoms. The minimum Gasteiger partial charge on any atom is -0.339 e. The van der Waals surface area contributed by atoms with Crippen molar-refractivity contribution in [2.24, 2.45) is 5.92 Å². The fourth-order valence-corrected chi connectivity index (χ4v) is 3.67. The second-order valence-corrected chi connectivity index (χ2v) is 8.06. The van der Waals surface area contributed by atoms with E-state index >= 15 is 0 Å². The number of benzene rings is 1. The van der Waals surface area contributed by atoms with Gasteiger partial charge in [-0.05, 0) is 32.9 Å². The van der Waals surface area contributed by atoms with Crippen LogP contribution in [0, 0.1) is 5.92 Å². The molecule has 3 amide bonds. The first-order valence-corrected chi connectivity index (χ1v) is 9.21. The van der Waals surface area contributed by atoms with E-state index in [1.54, 1.807) is 14.7 Å². The highest BCUT2D eigenvalue weighted by atomic mass is 16.2. The minimum absolute atomic E-state index is 0.00708. The topological polar surface area (TPSA) is 60.9 Å². The van der Waals surface area contributed by atoms with Gasteiger partial charge in [0.25, 0.3) is 5.91 Å². The number of piperazine rings is 1. The Morgan fingerprint density at radius 1 is 0.962 bits per heavy atom. The predicted octanol–water partition coefficient (Wildman–Crippen LogP) is 1.62. The predicted molar refractivity (Wildman–Crippen MR) is 98.5 cm³/mol. The molecular weight excluding hydrogens is 330 g/mol. The van der Waals surface area contributed by atoms with Crippen LogP contribution in [0.1, 0.15) is 37.6 Å². The van der Waals surface area contributed by atoms with Gasteiger partial charge in [-0.25, -0.2) is 0 Å². The maximum absolute atomic E-state index is 12.8. The Labute approximate surface area is 154 Å². The summed E-state index contributed by atoms with van der Waals surface area (Å²) in [5, 5.41) is 0. The normalized spacial score (nSPS) is 21.3. The van der Waals surface area contributed by atoms with E-state index in [0.29, 0.717) is 44.7 Å². The van der Waals surface area contributed by atoms with Crippen LogP contribution in [0.2, 0.25) is 0 Å². The van der Waals surface area contributed by atoms with Gasteiger partial charge >= 0.3 is 0 Å². The van der Waals surface area contributed by atoms with Crippen molar-refractivity contribution in [2.75, 3.05) is 32.7 Å². The van der Waals surface area contributed by atoms with Crippen molar-refractivity contribution in [3.8, 4) is 0 Å². The Hall–Kier alpha value is -2.37. The number of likely N-dealkylation sites (tertiary alicyclic amines) is 1. The largest absolute Gasteiger partial charge is 0.339 e. The van der Waals surface area contributed by atoms with Gasteiger partial charge in [0, 0.05) is 50.2 Å². The first-order chi connectivity index (χ1) is 12.3. The minimum atomic E-state index is -0.266. The molecule has 6 heteroatoms. The Kier molecular flexibility index (Phi) is 5.03. The van der Waals surface area contributed by atoms with Crippen LogP contribution < -0.4 is 0 Å². The second kappa shape index (κ2) is 7.09. The Bertz CT molecular complexity index is 688. The van der Waals surface area contributed by atoms with E-state index in [0.717, 1.165) is 0 Å². The number of carbonyl (C=O) groups is 3. The molecule has 1 aromatic carbocycles. The van der Waals surface area contributed by atoms with Crippen molar-refractivity contribution in [2.45, 2.75) is 32.7 Å². The quantitative estimate of drug-likeness (QED) is 0.808. The zero-order chi connectivity index (χ0) is 18.9. The van der Waals surface area contributed by atoms with E-state index in [1.165, 1.54) is 0 Å². The summed E-state index contributed by atoms with van der Waals surface area (Å²) in [6, 6.07) is 9.21. The molecule has 0 aromatic heterocycles. The summed E-state index contributed by atoms with van der Waals surface area (Å²) in [4.78, 5) is 42.9. The highest BCUT2D eigenvalue weighted by molar-refractivity contribution is 5.94. The van der Waals surface area contributed by atoms with Crippen LogP contribution in [0.4, 0.5) is 0 Å². The highest BCUT2D eigenvalue weighted by Crippen LogP contribution is 2.27. The molecule has 2 aliphatic rings. The van der Waals surface area contributed by atoms with E-state index in [4.69, 9.17) is 0 Å². The number of amides is 3. The van der Waals surface area contributed by atoms with Gasteiger partial charge in [0.2, 0.25) is 11.8 Å². The Balaban J connectivity index is 1.56. The lowest BCUT2D eigenvalue weighted by atomic mass is 10.1. The third-order valence-electron chi connectivity index (χ3n) is 5.18. The SMILES string of the molecule is CC(C)(C)N1CC(C(=O)N2CCN(C(=O)c3ccccc3)CC2)CC1=O. The van der Waals surface area contributed by atoms with Crippen LogP contribution in [-0.4, -0.2) is 70.7 Å². The number of hydrogen-bond donors (Lipinski definition) is 0. The molecule has 6 nitrogen and oxygen atoms in total. The molecule has 1 atom stereocenters. The molecule has 140 valence electrons. The average Bonchev–Trinajstić information content (AvgIpc) is 3.03. The lowest BCUT2D eigenvalue weighted by Crippen LogP contribution is -2.52. The first kappa shape index (κ1) is 18.4. The van der Waals surface area contributed by atoms with Gasteiger partial charge in [0.1, 0.15) is 0 Å². The fraction of sp³-hybridized carbons (Fsp3) is 0.550. The van der Waals surface area contributed by atoms with Gasteiger partial charge in [0.05, 0.1) is 5.92 Å². The summed E-state index contributed by atoms with van der Waals surface area (Å²) in [6.07, 6.45) is 0.291. The van der Waals surface area contributed by atoms with Gasteiger partial charge in [-0.3, -0.25) is 14.4 Å². The van der Waals surface area contributed by atoms with Crippen molar-refractivity contribution in [3.05, 3.63) is 35.9 Å². The van der Waals surface area contributed by atoms with Gasteiger partial charge in [-0.15, -0.1) is 0 Å². The van der Waals surface area contributed by atoms with E-state index in [9.17, 15) is 14.4 Å². The third kappa shape index (κ3) is 3.74. The van der Waals surface area contributed by atoms with Gasteiger partial charge < -0.3 is 14.7 Å². The Morgan fingerprint density at radius 2 is 1.54 bits per heavy atom. The van der Waals surface area contributed by atoms with Crippen LogP contribution in [0.25, 0.3) is 0 Å². The van der Waals surface area contributed by atoms with Crippen molar-refractivity contribution in [1.82, 2.24) is 14.7 Å². The molecule has 2 saturated heterocycles. The van der Waals surface area contributed by atoms with E-state index in [-0.39, 0.29) is 29.2 Å². The number of hydrogen-bond acceptors (Lipinski definition) is 3. The van der Waals surface area contributed by atoms with Crippen LogP contribution in [-0.2, 0) is 9.59 Å². The van der Waals surface area contributed by atoms with Crippen molar-refractivity contribution in [3.63, 3.8) is 0 Å². The smallest absolute Gasteiger partial charge is 0.253 e. The van der Waals surface area contributed by atoms with Crippen molar-refractivity contribution < 1.29 is 14.4 Å². The highest BCUT2D eigenvalue weighted by Gasteiger charge is 2.41. The summed E-state index contributed by atoms with van der Waals surface area (Å²) in [6.45, 7) is 8.58. The van der Waals surface area contributed by atoms with Crippen LogP contribution in [0.5, 0.6) is 0 Å². The number of carbonyl (C=O) groups excluding carboxylic acids is 3. The molecular formula is C20H27N3O3. The summed E-state index contributed by atoms with van der Waals surface area (Å²) in [7, 11) is 0. The van der Waals surface area contributed by atoms with Gasteiger partial charge in [-0.1, -0.05) is 18.2 Å². The maximum Gasteiger partial charge on any atom is 0.253 e. The molecule has 1 unspecified atom stereocenters. The van der Waals surface area contributed by atoms with Crippen LogP contribution in [0.3, 0.4) is 0 Å². The molecule has 2 fully saturated rings. The number of nitrogens with zero attached hydrogens (tertiary/aromatic N) is 3. The summed E-state index contributed by atoms with van der Waals surface area (Å²) in [5.74, 6) is -0.170. The molecule has 3 rings (SSSR count). The lowest BCUT2D eigenvalue weighted by molar-refractivity contribution is -0.137. The second-order valence-electron chi connectivity index (χ2n) is 8.06. The molecule has 0 saturated carbocycles. The van der Waals surface area contributed by atoms with E-state index in [1.807, 2.05) is 51.1 Å². The summed E-state index contributed by atoms with van der Waals surface area (Å²) >= 11 is 0. The van der Waals surface area contributed by atoms with E-state index in [2.05, 4.69) is 0 Å².